The van der Waals surface area contributed by atoms with Crippen molar-refractivity contribution in [2.45, 2.75) is 31.5 Å². The molecule has 1 aromatic rings. The summed E-state index contributed by atoms with van der Waals surface area (Å²) >= 11 is 0.575. The second kappa shape index (κ2) is 4.08. The maximum absolute atomic E-state index is 12.4. The van der Waals surface area contributed by atoms with Crippen LogP contribution in [0.3, 0.4) is 0 Å². The van der Waals surface area contributed by atoms with Gasteiger partial charge in [0.1, 0.15) is 5.54 Å². The summed E-state index contributed by atoms with van der Waals surface area (Å²) in [5, 5.41) is 9.17. The third-order valence-electron chi connectivity index (χ3n) is 3.00. The molecule has 5 nitrogen and oxygen atoms in total. The molecule has 2 heterocycles. The van der Waals surface area contributed by atoms with Crippen molar-refractivity contribution in [3.8, 4) is 0 Å². The van der Waals surface area contributed by atoms with E-state index in [4.69, 9.17) is 5.11 Å². The number of hydrogen-bond donors (Lipinski definition) is 1. The molecule has 9 heteroatoms. The minimum absolute atomic E-state index is 0.00438. The lowest BCUT2D eigenvalue weighted by Crippen LogP contribution is -2.48. The molecule has 1 atom stereocenters. The first-order valence-corrected chi connectivity index (χ1v) is 5.94. The zero-order chi connectivity index (χ0) is 13.6. The van der Waals surface area contributed by atoms with E-state index in [0.29, 0.717) is 30.9 Å². The smallest absolute Gasteiger partial charge is 0.452 e. The molecule has 0 aliphatic carbocycles. The fourth-order valence-electron chi connectivity index (χ4n) is 1.93. The van der Waals surface area contributed by atoms with Crippen LogP contribution in [0, 0.1) is 0 Å². The zero-order valence-electron chi connectivity index (χ0n) is 9.36. The van der Waals surface area contributed by atoms with Gasteiger partial charge >= 0.3 is 12.1 Å². The molecule has 1 aromatic heterocycles. The maximum Gasteiger partial charge on any atom is 0.452 e. The number of aliphatic carboxylic acids is 1. The summed E-state index contributed by atoms with van der Waals surface area (Å²) in [6.45, 7) is 1.85. The van der Waals surface area contributed by atoms with E-state index < -0.39 is 23.5 Å². The molecule has 100 valence electrons. The van der Waals surface area contributed by atoms with Crippen LogP contribution in [0.25, 0.3) is 0 Å². The van der Waals surface area contributed by atoms with Crippen molar-refractivity contribution in [2.75, 3.05) is 11.4 Å². The number of carboxylic acid groups (broad SMARTS) is 1. The van der Waals surface area contributed by atoms with Crippen molar-refractivity contribution in [1.29, 1.82) is 0 Å². The molecule has 0 saturated carbocycles. The minimum Gasteiger partial charge on any atom is -0.480 e. The largest absolute Gasteiger partial charge is 0.480 e. The molecule has 0 radical (unpaired) electrons. The summed E-state index contributed by atoms with van der Waals surface area (Å²) in [6.07, 6.45) is -3.62. The number of aromatic nitrogens is 2. The van der Waals surface area contributed by atoms with Gasteiger partial charge in [0.25, 0.3) is 0 Å². The lowest BCUT2D eigenvalue weighted by Gasteiger charge is -2.30. The van der Waals surface area contributed by atoms with Gasteiger partial charge < -0.3 is 10.0 Å². The van der Waals surface area contributed by atoms with Crippen LogP contribution in [0.1, 0.15) is 25.6 Å². The first-order valence-electron chi connectivity index (χ1n) is 5.17. The van der Waals surface area contributed by atoms with E-state index in [-0.39, 0.29) is 5.13 Å². The molecule has 1 unspecified atom stereocenters. The number of hydrogen-bond acceptors (Lipinski definition) is 5. The number of halogens is 3. The summed E-state index contributed by atoms with van der Waals surface area (Å²) in [4.78, 5) is 16.0. The van der Waals surface area contributed by atoms with E-state index in [9.17, 15) is 18.0 Å². The normalized spacial score (nSPS) is 24.6. The van der Waals surface area contributed by atoms with Crippen LogP contribution in [-0.2, 0) is 11.0 Å². The fourth-order valence-corrected chi connectivity index (χ4v) is 2.76. The van der Waals surface area contributed by atoms with Crippen LogP contribution in [-0.4, -0.2) is 32.5 Å². The highest BCUT2D eigenvalue weighted by Gasteiger charge is 2.46. The molecule has 1 saturated heterocycles. The first-order chi connectivity index (χ1) is 8.25. The van der Waals surface area contributed by atoms with E-state index in [1.165, 1.54) is 11.8 Å². The number of carbonyl (C=O) groups is 1. The van der Waals surface area contributed by atoms with E-state index in [2.05, 4.69) is 9.36 Å². The molecule has 0 amide bonds. The molecule has 2 rings (SSSR count). The Labute approximate surface area is 104 Å². The molecule has 1 aliphatic rings. The average Bonchev–Trinajstić information content (AvgIpc) is 2.82. The van der Waals surface area contributed by atoms with Gasteiger partial charge in [-0.3, -0.25) is 0 Å². The average molecular weight is 281 g/mol. The molecule has 1 fully saturated rings. The van der Waals surface area contributed by atoms with Gasteiger partial charge in [-0.05, 0) is 19.8 Å². The number of nitrogens with zero attached hydrogens (tertiary/aromatic N) is 3. The van der Waals surface area contributed by atoms with E-state index in [1.54, 1.807) is 0 Å². The minimum atomic E-state index is -4.60. The Morgan fingerprint density at radius 3 is 2.72 bits per heavy atom. The second-order valence-corrected chi connectivity index (χ2v) is 4.96. The Balaban J connectivity index is 2.32. The van der Waals surface area contributed by atoms with Crippen LogP contribution in [0.5, 0.6) is 0 Å². The lowest BCUT2D eigenvalue weighted by atomic mass is 10.00. The molecule has 18 heavy (non-hydrogen) atoms. The number of carboxylic acids is 1. The Bertz CT molecular complexity index is 476. The summed E-state index contributed by atoms with van der Waals surface area (Å²) in [7, 11) is 0. The van der Waals surface area contributed by atoms with Crippen molar-refractivity contribution in [3.63, 3.8) is 0 Å². The zero-order valence-corrected chi connectivity index (χ0v) is 10.2. The van der Waals surface area contributed by atoms with Crippen molar-refractivity contribution >= 4 is 22.6 Å². The van der Waals surface area contributed by atoms with Crippen molar-refractivity contribution < 1.29 is 23.1 Å². The summed E-state index contributed by atoms with van der Waals surface area (Å²) in [6, 6.07) is 0. The van der Waals surface area contributed by atoms with Crippen LogP contribution >= 0.6 is 11.5 Å². The lowest BCUT2D eigenvalue weighted by molar-refractivity contribution is -0.144. The predicted molar refractivity (Wildman–Crippen MR) is 57.5 cm³/mol. The van der Waals surface area contributed by atoms with Gasteiger partial charge in [-0.1, -0.05) is 0 Å². The van der Waals surface area contributed by atoms with Crippen LogP contribution in [0.15, 0.2) is 0 Å². The molecular formula is C9H10F3N3O2S. The number of alkyl halides is 3. The van der Waals surface area contributed by atoms with E-state index in [0.717, 1.165) is 0 Å². The number of rotatable bonds is 2. The van der Waals surface area contributed by atoms with Gasteiger partial charge in [0.05, 0.1) is 0 Å². The molecule has 0 spiro atoms. The van der Waals surface area contributed by atoms with Gasteiger partial charge in [-0.2, -0.15) is 22.5 Å². The Kier molecular flexibility index (Phi) is 2.96. The molecule has 0 aromatic carbocycles. The quantitative estimate of drug-likeness (QED) is 0.898. The second-order valence-electron chi connectivity index (χ2n) is 4.23. The Morgan fingerprint density at radius 1 is 1.56 bits per heavy atom. The molecular weight excluding hydrogens is 271 g/mol. The topological polar surface area (TPSA) is 66.3 Å². The molecule has 1 aliphatic heterocycles. The van der Waals surface area contributed by atoms with Crippen molar-refractivity contribution in [2.24, 2.45) is 0 Å². The fraction of sp³-hybridized carbons (Fsp3) is 0.667. The predicted octanol–water partition coefficient (Wildman–Crippen LogP) is 2.00. The van der Waals surface area contributed by atoms with E-state index in [1.807, 2.05) is 0 Å². The SMILES string of the molecule is CC1(C(=O)O)CCCN1c1nc(C(F)(F)F)ns1. The third-order valence-corrected chi connectivity index (χ3v) is 3.74. The standard InChI is InChI=1S/C9H10F3N3O2S/c1-8(6(16)17)3-2-4-15(8)7-13-5(14-18-7)9(10,11)12/h2-4H2,1H3,(H,16,17). The maximum atomic E-state index is 12.4. The summed E-state index contributed by atoms with van der Waals surface area (Å²) in [5.74, 6) is -2.29. The molecule has 0 bridgehead atoms. The van der Waals surface area contributed by atoms with E-state index >= 15 is 0 Å². The Morgan fingerprint density at radius 2 is 2.22 bits per heavy atom. The monoisotopic (exact) mass is 281 g/mol. The Hall–Kier alpha value is -1.38. The van der Waals surface area contributed by atoms with Gasteiger partial charge in [-0.15, -0.1) is 0 Å². The summed E-state index contributed by atoms with van der Waals surface area (Å²) < 4.78 is 40.4. The third kappa shape index (κ3) is 2.02. The van der Waals surface area contributed by atoms with Gasteiger partial charge in [0.2, 0.25) is 11.0 Å². The van der Waals surface area contributed by atoms with Gasteiger partial charge in [0, 0.05) is 18.1 Å². The first kappa shape index (κ1) is 13.1. The highest BCUT2D eigenvalue weighted by molar-refractivity contribution is 7.09. The van der Waals surface area contributed by atoms with Crippen molar-refractivity contribution in [1.82, 2.24) is 9.36 Å². The number of anilines is 1. The van der Waals surface area contributed by atoms with Crippen LogP contribution in [0.2, 0.25) is 0 Å². The van der Waals surface area contributed by atoms with Gasteiger partial charge in [-0.25, -0.2) is 4.79 Å². The highest BCUT2D eigenvalue weighted by Crippen LogP contribution is 2.37. The van der Waals surface area contributed by atoms with Crippen LogP contribution in [0.4, 0.5) is 18.3 Å². The highest BCUT2D eigenvalue weighted by atomic mass is 32.1. The summed E-state index contributed by atoms with van der Waals surface area (Å²) in [5.41, 5.74) is -1.21. The van der Waals surface area contributed by atoms with Gasteiger partial charge in [0.15, 0.2) is 0 Å². The van der Waals surface area contributed by atoms with Crippen LogP contribution < -0.4 is 4.90 Å². The van der Waals surface area contributed by atoms with Crippen molar-refractivity contribution in [3.05, 3.63) is 5.82 Å². The molecule has 1 N–H and O–H groups in total.